The molecule has 6 heteroatoms. The fraction of sp³-hybridized carbons (Fsp3) is 0.353. The first-order chi connectivity index (χ1) is 10.7. The molecule has 1 heterocycles. The summed E-state index contributed by atoms with van der Waals surface area (Å²) >= 11 is 0. The maximum Gasteiger partial charge on any atom is 0.329 e. The number of rotatable bonds is 4. The van der Waals surface area contributed by atoms with Gasteiger partial charge in [-0.25, -0.2) is 9.48 Å². The highest BCUT2D eigenvalue weighted by Gasteiger charge is 2.36. The highest BCUT2D eigenvalue weighted by atomic mass is 16.4. The third kappa shape index (κ3) is 2.97. The number of carboxylic acids is 1. The zero-order valence-corrected chi connectivity index (χ0v) is 14.0. The molecule has 2 rings (SSSR count). The molecule has 0 aliphatic heterocycles. The van der Waals surface area contributed by atoms with Gasteiger partial charge in [0, 0.05) is 7.05 Å². The van der Waals surface area contributed by atoms with Gasteiger partial charge < -0.3 is 10.0 Å². The molecule has 0 bridgehead atoms. The van der Waals surface area contributed by atoms with Crippen molar-refractivity contribution in [3.05, 3.63) is 47.3 Å². The Hall–Kier alpha value is -2.63. The van der Waals surface area contributed by atoms with Gasteiger partial charge in [0.05, 0.1) is 23.1 Å². The number of hydrogen-bond donors (Lipinski definition) is 1. The van der Waals surface area contributed by atoms with Crippen molar-refractivity contribution in [3.63, 3.8) is 0 Å². The SMILES string of the molecule is Cc1cccc(-n2ncc(C(=O)N(C)C(C)(C)C(=O)O)c2C)c1. The van der Waals surface area contributed by atoms with E-state index in [0.717, 1.165) is 11.3 Å². The van der Waals surface area contributed by atoms with Crippen LogP contribution >= 0.6 is 0 Å². The van der Waals surface area contributed by atoms with Crippen LogP contribution in [0.5, 0.6) is 0 Å². The minimum atomic E-state index is -1.30. The topological polar surface area (TPSA) is 75.4 Å². The maximum absolute atomic E-state index is 12.6. The van der Waals surface area contributed by atoms with Crippen LogP contribution < -0.4 is 0 Å². The molecule has 1 aromatic heterocycles. The lowest BCUT2D eigenvalue weighted by atomic mass is 10.0. The Balaban J connectivity index is 2.40. The molecule has 1 aromatic carbocycles. The standard InChI is InChI=1S/C17H21N3O3/c1-11-7-6-8-13(9-11)20-12(2)14(10-18-20)15(21)19(5)17(3,4)16(22)23/h6-10H,1-5H3,(H,22,23). The third-order valence-electron chi connectivity index (χ3n) is 4.15. The molecular formula is C17H21N3O3. The van der Waals surface area contributed by atoms with E-state index in [9.17, 15) is 14.7 Å². The lowest BCUT2D eigenvalue weighted by molar-refractivity contribution is -0.147. The van der Waals surface area contributed by atoms with Crippen LogP contribution in [-0.2, 0) is 4.79 Å². The van der Waals surface area contributed by atoms with Crippen molar-refractivity contribution in [1.29, 1.82) is 0 Å². The van der Waals surface area contributed by atoms with Gasteiger partial charge in [0.1, 0.15) is 5.54 Å². The maximum atomic E-state index is 12.6. The summed E-state index contributed by atoms with van der Waals surface area (Å²) < 4.78 is 1.68. The zero-order valence-electron chi connectivity index (χ0n) is 14.0. The Morgan fingerprint density at radius 2 is 1.91 bits per heavy atom. The second kappa shape index (κ2) is 5.87. The summed E-state index contributed by atoms with van der Waals surface area (Å²) in [5.41, 5.74) is 1.72. The molecule has 1 amide bonds. The summed E-state index contributed by atoms with van der Waals surface area (Å²) in [7, 11) is 1.49. The number of nitrogens with zero attached hydrogens (tertiary/aromatic N) is 3. The minimum absolute atomic E-state index is 0.367. The fourth-order valence-corrected chi connectivity index (χ4v) is 2.22. The molecule has 0 saturated heterocycles. The quantitative estimate of drug-likeness (QED) is 0.940. The molecule has 0 fully saturated rings. The van der Waals surface area contributed by atoms with Crippen LogP contribution in [0.2, 0.25) is 0 Å². The monoisotopic (exact) mass is 315 g/mol. The number of aromatic nitrogens is 2. The number of benzene rings is 1. The molecular weight excluding hydrogens is 294 g/mol. The average Bonchev–Trinajstić information content (AvgIpc) is 2.87. The molecule has 0 unspecified atom stereocenters. The van der Waals surface area contributed by atoms with Gasteiger partial charge in [0.2, 0.25) is 0 Å². The molecule has 122 valence electrons. The predicted molar refractivity (Wildman–Crippen MR) is 86.8 cm³/mol. The Morgan fingerprint density at radius 3 is 2.48 bits per heavy atom. The molecule has 6 nitrogen and oxygen atoms in total. The molecule has 2 aromatic rings. The van der Waals surface area contributed by atoms with Crippen LogP contribution in [0.25, 0.3) is 5.69 Å². The fourth-order valence-electron chi connectivity index (χ4n) is 2.22. The molecule has 0 aliphatic rings. The van der Waals surface area contributed by atoms with Crippen LogP contribution in [-0.4, -0.2) is 44.3 Å². The van der Waals surface area contributed by atoms with Gasteiger partial charge in [0.15, 0.2) is 0 Å². The average molecular weight is 315 g/mol. The Morgan fingerprint density at radius 1 is 1.26 bits per heavy atom. The van der Waals surface area contributed by atoms with E-state index in [-0.39, 0.29) is 5.91 Å². The summed E-state index contributed by atoms with van der Waals surface area (Å²) in [6.07, 6.45) is 1.48. The molecule has 0 aliphatic carbocycles. The summed E-state index contributed by atoms with van der Waals surface area (Å²) in [6.45, 7) is 6.77. The van der Waals surface area contributed by atoms with Gasteiger partial charge in [-0.15, -0.1) is 0 Å². The first-order valence-corrected chi connectivity index (χ1v) is 7.29. The van der Waals surface area contributed by atoms with Gasteiger partial charge in [-0.2, -0.15) is 5.10 Å². The van der Waals surface area contributed by atoms with E-state index < -0.39 is 11.5 Å². The zero-order chi connectivity index (χ0) is 17.4. The van der Waals surface area contributed by atoms with E-state index in [1.165, 1.54) is 32.0 Å². The van der Waals surface area contributed by atoms with E-state index in [0.29, 0.717) is 11.3 Å². The van der Waals surface area contributed by atoms with Crippen molar-refractivity contribution in [2.24, 2.45) is 0 Å². The summed E-state index contributed by atoms with van der Waals surface area (Å²) in [5, 5.41) is 13.6. The van der Waals surface area contributed by atoms with Crippen molar-refractivity contribution < 1.29 is 14.7 Å². The molecule has 0 saturated carbocycles. The first kappa shape index (κ1) is 16.7. The number of amides is 1. The lowest BCUT2D eigenvalue weighted by Crippen LogP contribution is -2.50. The van der Waals surface area contributed by atoms with Gasteiger partial charge in [-0.05, 0) is 45.4 Å². The van der Waals surface area contributed by atoms with E-state index in [4.69, 9.17) is 0 Å². The van der Waals surface area contributed by atoms with E-state index in [2.05, 4.69) is 5.10 Å². The first-order valence-electron chi connectivity index (χ1n) is 7.29. The Kier molecular flexibility index (Phi) is 4.27. The largest absolute Gasteiger partial charge is 0.480 e. The van der Waals surface area contributed by atoms with Crippen LogP contribution in [0, 0.1) is 13.8 Å². The molecule has 0 atom stereocenters. The van der Waals surface area contributed by atoms with E-state index in [1.54, 1.807) is 11.6 Å². The predicted octanol–water partition coefficient (Wildman–Crippen LogP) is 2.42. The number of carbonyl (C=O) groups is 2. The number of carbonyl (C=O) groups excluding carboxylic acids is 1. The number of likely N-dealkylation sites (N-methyl/N-ethyl adjacent to an activating group) is 1. The van der Waals surface area contributed by atoms with Crippen LogP contribution in [0.15, 0.2) is 30.5 Å². The minimum Gasteiger partial charge on any atom is -0.480 e. The highest BCUT2D eigenvalue weighted by Crippen LogP contribution is 2.20. The van der Waals surface area contributed by atoms with Gasteiger partial charge in [0.25, 0.3) is 5.91 Å². The number of aliphatic carboxylic acids is 1. The van der Waals surface area contributed by atoms with E-state index in [1.807, 2.05) is 31.2 Å². The molecule has 23 heavy (non-hydrogen) atoms. The number of hydrogen-bond acceptors (Lipinski definition) is 3. The summed E-state index contributed by atoms with van der Waals surface area (Å²) in [6, 6.07) is 7.79. The molecule has 0 radical (unpaired) electrons. The third-order valence-corrected chi connectivity index (χ3v) is 4.15. The highest BCUT2D eigenvalue weighted by molar-refractivity contribution is 5.98. The van der Waals surface area contributed by atoms with Crippen LogP contribution in [0.4, 0.5) is 0 Å². The summed E-state index contributed by atoms with van der Waals surface area (Å²) in [5.74, 6) is -1.43. The second-order valence-electron chi connectivity index (χ2n) is 6.12. The van der Waals surface area contributed by atoms with Crippen molar-refractivity contribution in [2.45, 2.75) is 33.2 Å². The summed E-state index contributed by atoms with van der Waals surface area (Å²) in [4.78, 5) is 25.2. The normalized spacial score (nSPS) is 11.3. The van der Waals surface area contributed by atoms with Gasteiger partial charge in [-0.3, -0.25) is 4.79 Å². The van der Waals surface area contributed by atoms with Gasteiger partial charge >= 0.3 is 5.97 Å². The van der Waals surface area contributed by atoms with E-state index >= 15 is 0 Å². The Labute approximate surface area is 135 Å². The van der Waals surface area contributed by atoms with Crippen molar-refractivity contribution >= 4 is 11.9 Å². The van der Waals surface area contributed by atoms with Crippen molar-refractivity contribution in [3.8, 4) is 5.69 Å². The molecule has 0 spiro atoms. The smallest absolute Gasteiger partial charge is 0.329 e. The lowest BCUT2D eigenvalue weighted by Gasteiger charge is -2.31. The molecule has 1 N–H and O–H groups in total. The number of carboxylic acid groups (broad SMARTS) is 1. The van der Waals surface area contributed by atoms with Gasteiger partial charge in [-0.1, -0.05) is 12.1 Å². The van der Waals surface area contributed by atoms with Crippen molar-refractivity contribution in [1.82, 2.24) is 14.7 Å². The number of aryl methyl sites for hydroxylation is 1. The van der Waals surface area contributed by atoms with Crippen LogP contribution in [0.3, 0.4) is 0 Å². The second-order valence-corrected chi connectivity index (χ2v) is 6.12. The van der Waals surface area contributed by atoms with Crippen molar-refractivity contribution in [2.75, 3.05) is 7.05 Å². The van der Waals surface area contributed by atoms with Crippen LogP contribution in [0.1, 0.15) is 35.5 Å². The Bertz CT molecular complexity index is 762.